The van der Waals surface area contributed by atoms with Gasteiger partial charge in [-0.15, -0.1) is 0 Å². The first-order valence-corrected chi connectivity index (χ1v) is 6.88. The number of hydrogen-bond acceptors (Lipinski definition) is 1. The Morgan fingerprint density at radius 3 is 2.59 bits per heavy atom. The molecule has 3 heteroatoms. The van der Waals surface area contributed by atoms with Crippen molar-refractivity contribution >= 4 is 21.7 Å². The summed E-state index contributed by atoms with van der Waals surface area (Å²) in [4.78, 5) is 12.3. The van der Waals surface area contributed by atoms with Crippen LogP contribution in [0.4, 0.5) is 4.39 Å². The monoisotopic (exact) mass is 298 g/mol. The predicted molar refractivity (Wildman–Crippen MR) is 69.7 cm³/mol. The van der Waals surface area contributed by atoms with Gasteiger partial charge < -0.3 is 0 Å². The van der Waals surface area contributed by atoms with E-state index < -0.39 is 0 Å². The molecule has 0 radical (unpaired) electrons. The van der Waals surface area contributed by atoms with Crippen molar-refractivity contribution in [2.45, 2.75) is 39.0 Å². The van der Waals surface area contributed by atoms with E-state index in [4.69, 9.17) is 0 Å². The molecular weight excluding hydrogens is 283 g/mol. The molecule has 17 heavy (non-hydrogen) atoms. The lowest BCUT2D eigenvalue weighted by Crippen LogP contribution is -2.19. The minimum absolute atomic E-state index is 0.0203. The van der Waals surface area contributed by atoms with Crippen LogP contribution >= 0.6 is 15.9 Å². The van der Waals surface area contributed by atoms with Crippen molar-refractivity contribution in [1.29, 1.82) is 0 Å². The highest BCUT2D eigenvalue weighted by molar-refractivity contribution is 9.10. The number of ketones is 1. The van der Waals surface area contributed by atoms with Crippen molar-refractivity contribution in [2.24, 2.45) is 5.92 Å². The van der Waals surface area contributed by atoms with Crippen LogP contribution in [0.15, 0.2) is 16.6 Å². The maximum Gasteiger partial charge on any atom is 0.168 e. The zero-order valence-corrected chi connectivity index (χ0v) is 11.5. The Balaban J connectivity index is 2.29. The van der Waals surface area contributed by atoms with Gasteiger partial charge in [-0.1, -0.05) is 35.2 Å². The molecule has 0 heterocycles. The summed E-state index contributed by atoms with van der Waals surface area (Å²) in [6.45, 7) is 1.69. The van der Waals surface area contributed by atoms with E-state index in [2.05, 4.69) is 15.9 Å². The average molecular weight is 299 g/mol. The molecule has 1 aliphatic rings. The summed E-state index contributed by atoms with van der Waals surface area (Å²) in [6, 6.07) is 3.31. The molecule has 1 aromatic rings. The van der Waals surface area contributed by atoms with Crippen LogP contribution in [0.25, 0.3) is 0 Å². The first-order chi connectivity index (χ1) is 8.09. The summed E-state index contributed by atoms with van der Waals surface area (Å²) < 4.78 is 14.7. The molecule has 2 rings (SSSR count). The van der Waals surface area contributed by atoms with Crippen LogP contribution in [-0.2, 0) is 0 Å². The molecule has 1 fully saturated rings. The van der Waals surface area contributed by atoms with Crippen molar-refractivity contribution in [2.75, 3.05) is 0 Å². The van der Waals surface area contributed by atoms with Gasteiger partial charge in [0.15, 0.2) is 5.78 Å². The van der Waals surface area contributed by atoms with Crippen LogP contribution in [0.2, 0.25) is 0 Å². The lowest BCUT2D eigenvalue weighted by atomic mass is 9.83. The van der Waals surface area contributed by atoms with Gasteiger partial charge in [0.1, 0.15) is 5.82 Å². The van der Waals surface area contributed by atoms with Crippen LogP contribution in [0.5, 0.6) is 0 Å². The lowest BCUT2D eigenvalue weighted by molar-refractivity contribution is 0.0885. The van der Waals surface area contributed by atoms with Gasteiger partial charge in [-0.05, 0) is 37.5 Å². The summed E-state index contributed by atoms with van der Waals surface area (Å²) in [5.74, 6) is -0.359. The molecule has 1 nitrogen and oxygen atoms in total. The molecule has 1 aromatic carbocycles. The topological polar surface area (TPSA) is 17.1 Å². The zero-order chi connectivity index (χ0) is 12.4. The highest BCUT2D eigenvalue weighted by Gasteiger charge is 2.25. The molecule has 0 bridgehead atoms. The third kappa shape index (κ3) is 2.76. The van der Waals surface area contributed by atoms with E-state index in [0.717, 1.165) is 30.2 Å². The lowest BCUT2D eigenvalue weighted by Gasteiger charge is -2.20. The van der Waals surface area contributed by atoms with E-state index >= 15 is 0 Å². The van der Waals surface area contributed by atoms with Gasteiger partial charge in [-0.25, -0.2) is 4.39 Å². The minimum Gasteiger partial charge on any atom is -0.294 e. The quantitative estimate of drug-likeness (QED) is 0.726. The predicted octanol–water partition coefficient (Wildman–Crippen LogP) is 4.66. The number of aryl methyl sites for hydroxylation is 1. The maximum absolute atomic E-state index is 13.9. The van der Waals surface area contributed by atoms with Gasteiger partial charge in [-0.2, -0.15) is 0 Å². The van der Waals surface area contributed by atoms with Crippen LogP contribution < -0.4 is 0 Å². The number of carbonyl (C=O) groups excluding carboxylic acids is 1. The van der Waals surface area contributed by atoms with Crippen molar-refractivity contribution in [3.05, 3.63) is 33.5 Å². The molecule has 0 saturated heterocycles. The molecule has 0 aliphatic heterocycles. The summed E-state index contributed by atoms with van der Waals surface area (Å²) in [6.07, 6.45) is 5.19. The maximum atomic E-state index is 13.9. The van der Waals surface area contributed by atoms with Gasteiger partial charge >= 0.3 is 0 Å². The highest BCUT2D eigenvalue weighted by Crippen LogP contribution is 2.29. The number of halogens is 2. The number of Topliss-reactive ketones (excluding diaryl/α,β-unsaturated/α-hetero) is 1. The fourth-order valence-corrected chi connectivity index (χ4v) is 3.06. The SMILES string of the molecule is Cc1cc(Br)cc(C(=O)C2CCCCC2)c1F. The Kier molecular flexibility index (Phi) is 3.97. The molecule has 0 unspecified atom stereocenters. The van der Waals surface area contributed by atoms with Gasteiger partial charge in [0.05, 0.1) is 5.56 Å². The van der Waals surface area contributed by atoms with Gasteiger partial charge in [-0.3, -0.25) is 4.79 Å². The largest absolute Gasteiger partial charge is 0.294 e. The molecule has 1 saturated carbocycles. The van der Waals surface area contributed by atoms with E-state index in [9.17, 15) is 9.18 Å². The first kappa shape index (κ1) is 12.7. The van der Waals surface area contributed by atoms with E-state index in [1.165, 1.54) is 6.42 Å². The Morgan fingerprint density at radius 2 is 1.94 bits per heavy atom. The summed E-state index contributed by atoms with van der Waals surface area (Å²) in [5, 5.41) is 0. The third-order valence-electron chi connectivity index (χ3n) is 3.46. The third-order valence-corrected chi connectivity index (χ3v) is 3.92. The fourth-order valence-electron chi connectivity index (χ4n) is 2.49. The summed E-state index contributed by atoms with van der Waals surface area (Å²) >= 11 is 3.32. The van der Waals surface area contributed by atoms with Gasteiger partial charge in [0.2, 0.25) is 0 Å². The van der Waals surface area contributed by atoms with E-state index in [0.29, 0.717) is 5.56 Å². The summed E-state index contributed by atoms with van der Waals surface area (Å²) in [7, 11) is 0. The normalized spacial score (nSPS) is 17.1. The number of carbonyl (C=O) groups is 1. The smallest absolute Gasteiger partial charge is 0.168 e. The van der Waals surface area contributed by atoms with Crippen LogP contribution in [0.1, 0.15) is 48.0 Å². The zero-order valence-electron chi connectivity index (χ0n) is 9.93. The van der Waals surface area contributed by atoms with Gasteiger partial charge in [0.25, 0.3) is 0 Å². The second kappa shape index (κ2) is 5.30. The van der Waals surface area contributed by atoms with Crippen molar-refractivity contribution in [3.63, 3.8) is 0 Å². The molecule has 92 valence electrons. The minimum atomic E-state index is -0.358. The van der Waals surface area contributed by atoms with Crippen molar-refractivity contribution in [3.8, 4) is 0 Å². The molecule has 0 atom stereocenters. The van der Waals surface area contributed by atoms with Crippen molar-refractivity contribution in [1.82, 2.24) is 0 Å². The number of rotatable bonds is 2. The molecule has 0 N–H and O–H groups in total. The average Bonchev–Trinajstić information content (AvgIpc) is 2.34. The van der Waals surface area contributed by atoms with Crippen molar-refractivity contribution < 1.29 is 9.18 Å². The molecule has 0 spiro atoms. The van der Waals surface area contributed by atoms with Gasteiger partial charge in [0, 0.05) is 10.4 Å². The standard InChI is InChI=1S/C14H16BrFO/c1-9-7-11(15)8-12(13(9)16)14(17)10-5-3-2-4-6-10/h7-8,10H,2-6H2,1H3. The molecular formula is C14H16BrFO. The fraction of sp³-hybridized carbons (Fsp3) is 0.500. The Bertz CT molecular complexity index is 436. The van der Waals surface area contributed by atoms with Crippen LogP contribution in [0, 0.1) is 18.7 Å². The summed E-state index contributed by atoms with van der Waals surface area (Å²) in [5.41, 5.74) is 0.780. The first-order valence-electron chi connectivity index (χ1n) is 6.09. The highest BCUT2D eigenvalue weighted by atomic mass is 79.9. The van der Waals surface area contributed by atoms with Crippen LogP contribution in [-0.4, -0.2) is 5.78 Å². The van der Waals surface area contributed by atoms with E-state index in [1.54, 1.807) is 19.1 Å². The molecule has 0 amide bonds. The Hall–Kier alpha value is -0.700. The Labute approximate surface area is 110 Å². The second-order valence-corrected chi connectivity index (χ2v) is 5.70. The second-order valence-electron chi connectivity index (χ2n) is 4.78. The molecule has 0 aromatic heterocycles. The van der Waals surface area contributed by atoms with E-state index in [-0.39, 0.29) is 23.1 Å². The van der Waals surface area contributed by atoms with E-state index in [1.807, 2.05) is 0 Å². The number of hydrogen-bond donors (Lipinski definition) is 0. The van der Waals surface area contributed by atoms with Crippen LogP contribution in [0.3, 0.4) is 0 Å². The Morgan fingerprint density at radius 1 is 1.29 bits per heavy atom. The number of benzene rings is 1. The molecule has 1 aliphatic carbocycles.